The summed E-state index contributed by atoms with van der Waals surface area (Å²) in [5, 5.41) is 22.0. The molecule has 0 spiro atoms. The van der Waals surface area contributed by atoms with Crippen molar-refractivity contribution in [3.63, 3.8) is 0 Å². The van der Waals surface area contributed by atoms with E-state index in [4.69, 9.17) is 0 Å². The third kappa shape index (κ3) is 4.09. The van der Waals surface area contributed by atoms with Gasteiger partial charge in [-0.25, -0.2) is 4.98 Å². The van der Waals surface area contributed by atoms with Crippen LogP contribution >= 0.6 is 0 Å². The molecule has 1 saturated heterocycles. The predicted octanol–water partition coefficient (Wildman–Crippen LogP) is 2.56. The summed E-state index contributed by atoms with van der Waals surface area (Å²) in [6.07, 6.45) is 6.51. The van der Waals surface area contributed by atoms with Crippen molar-refractivity contribution in [2.24, 2.45) is 5.92 Å². The van der Waals surface area contributed by atoms with Crippen molar-refractivity contribution in [1.82, 2.24) is 19.7 Å². The largest absolute Gasteiger partial charge is 0.354 e. The van der Waals surface area contributed by atoms with Crippen LogP contribution in [0.1, 0.15) is 12.8 Å². The number of rotatable bonds is 5. The number of nitro groups is 1. The van der Waals surface area contributed by atoms with Crippen molar-refractivity contribution in [3.8, 4) is 5.82 Å². The number of nitro benzene ring substituents is 1. The SMILES string of the molecule is O=C(Nc1ccc(F)c([N+](=O)[O-])c1)C1CCCN(c2ccc(-n3ccnc3)nn2)C1. The van der Waals surface area contributed by atoms with Gasteiger partial charge in [0.2, 0.25) is 11.7 Å². The summed E-state index contributed by atoms with van der Waals surface area (Å²) in [5.41, 5.74) is -0.485. The summed E-state index contributed by atoms with van der Waals surface area (Å²) in [6, 6.07) is 6.96. The zero-order chi connectivity index (χ0) is 21.1. The molecular weight excluding hydrogens is 393 g/mol. The van der Waals surface area contributed by atoms with Gasteiger partial charge in [0.25, 0.3) is 0 Å². The zero-order valence-electron chi connectivity index (χ0n) is 15.8. The van der Waals surface area contributed by atoms with E-state index in [-0.39, 0.29) is 17.5 Å². The minimum absolute atomic E-state index is 0.190. The molecule has 0 saturated carbocycles. The molecule has 1 amide bonds. The second-order valence-corrected chi connectivity index (χ2v) is 6.92. The lowest BCUT2D eigenvalue weighted by atomic mass is 9.97. The number of amides is 1. The first kappa shape index (κ1) is 19.4. The number of anilines is 2. The molecule has 1 aliphatic rings. The van der Waals surface area contributed by atoms with Crippen molar-refractivity contribution in [2.75, 3.05) is 23.3 Å². The lowest BCUT2D eigenvalue weighted by molar-refractivity contribution is -0.387. The number of hydrogen-bond acceptors (Lipinski definition) is 7. The average molecular weight is 411 g/mol. The van der Waals surface area contributed by atoms with E-state index in [2.05, 4.69) is 20.5 Å². The minimum Gasteiger partial charge on any atom is -0.354 e. The molecule has 4 rings (SSSR count). The smallest absolute Gasteiger partial charge is 0.306 e. The molecule has 30 heavy (non-hydrogen) atoms. The van der Waals surface area contributed by atoms with E-state index in [1.165, 1.54) is 6.07 Å². The van der Waals surface area contributed by atoms with Crippen LogP contribution in [0.25, 0.3) is 5.82 Å². The molecule has 2 aromatic heterocycles. The minimum atomic E-state index is -0.945. The maximum Gasteiger partial charge on any atom is 0.306 e. The van der Waals surface area contributed by atoms with Gasteiger partial charge in [-0.1, -0.05) is 0 Å². The number of nitrogens with zero attached hydrogens (tertiary/aromatic N) is 6. The Morgan fingerprint density at radius 1 is 1.23 bits per heavy atom. The maximum atomic E-state index is 13.5. The third-order valence-electron chi connectivity index (χ3n) is 4.93. The number of halogens is 1. The van der Waals surface area contributed by atoms with Gasteiger partial charge in [0.15, 0.2) is 11.6 Å². The first-order valence-electron chi connectivity index (χ1n) is 9.33. The molecule has 10 nitrogen and oxygen atoms in total. The highest BCUT2D eigenvalue weighted by molar-refractivity contribution is 5.93. The van der Waals surface area contributed by atoms with Gasteiger partial charge in [-0.3, -0.25) is 19.5 Å². The van der Waals surface area contributed by atoms with E-state index in [1.807, 2.05) is 17.0 Å². The third-order valence-corrected chi connectivity index (χ3v) is 4.93. The summed E-state index contributed by atoms with van der Waals surface area (Å²) in [7, 11) is 0. The quantitative estimate of drug-likeness (QED) is 0.506. The maximum absolute atomic E-state index is 13.5. The number of carbonyl (C=O) groups excluding carboxylic acids is 1. The number of imidazole rings is 1. The normalized spacial score (nSPS) is 16.3. The molecular formula is C19H18FN7O3. The Balaban J connectivity index is 1.43. The molecule has 1 N–H and O–H groups in total. The van der Waals surface area contributed by atoms with E-state index >= 15 is 0 Å². The molecule has 0 radical (unpaired) electrons. The first-order valence-corrected chi connectivity index (χ1v) is 9.33. The van der Waals surface area contributed by atoms with E-state index in [0.29, 0.717) is 24.6 Å². The van der Waals surface area contributed by atoms with Crippen LogP contribution in [0.15, 0.2) is 49.1 Å². The summed E-state index contributed by atoms with van der Waals surface area (Å²) >= 11 is 0. The zero-order valence-corrected chi connectivity index (χ0v) is 15.8. The lowest BCUT2D eigenvalue weighted by Gasteiger charge is -2.32. The number of benzene rings is 1. The van der Waals surface area contributed by atoms with Gasteiger partial charge < -0.3 is 10.2 Å². The van der Waals surface area contributed by atoms with Crippen molar-refractivity contribution >= 4 is 23.1 Å². The molecule has 1 fully saturated rings. The number of nitrogens with one attached hydrogen (secondary N) is 1. The summed E-state index contributed by atoms with van der Waals surface area (Å²) in [5.74, 6) is -0.254. The van der Waals surface area contributed by atoms with Crippen LogP contribution in [0.5, 0.6) is 0 Å². The molecule has 1 aliphatic heterocycles. The van der Waals surface area contributed by atoms with Gasteiger partial charge in [-0.15, -0.1) is 10.2 Å². The fourth-order valence-corrected chi connectivity index (χ4v) is 3.39. The molecule has 3 aromatic rings. The Kier molecular flexibility index (Phi) is 5.33. The highest BCUT2D eigenvalue weighted by Crippen LogP contribution is 2.25. The molecule has 0 bridgehead atoms. The van der Waals surface area contributed by atoms with E-state index in [0.717, 1.165) is 25.1 Å². The Morgan fingerprint density at radius 3 is 2.73 bits per heavy atom. The molecule has 1 atom stereocenters. The van der Waals surface area contributed by atoms with Gasteiger partial charge in [0.05, 0.1) is 10.8 Å². The average Bonchev–Trinajstić information content (AvgIpc) is 3.30. The fraction of sp³-hybridized carbons (Fsp3) is 0.263. The monoisotopic (exact) mass is 411 g/mol. The van der Waals surface area contributed by atoms with Gasteiger partial charge in [-0.05, 0) is 37.1 Å². The molecule has 1 unspecified atom stereocenters. The fourth-order valence-electron chi connectivity index (χ4n) is 3.39. The van der Waals surface area contributed by atoms with E-state index in [1.54, 1.807) is 23.3 Å². The van der Waals surface area contributed by atoms with Gasteiger partial charge in [-0.2, -0.15) is 4.39 Å². The summed E-state index contributed by atoms with van der Waals surface area (Å²) < 4.78 is 15.2. The number of hydrogen-bond donors (Lipinski definition) is 1. The summed E-state index contributed by atoms with van der Waals surface area (Å²) in [4.78, 5) is 28.7. The van der Waals surface area contributed by atoms with Crippen LogP contribution in [0, 0.1) is 21.8 Å². The molecule has 0 aliphatic carbocycles. The van der Waals surface area contributed by atoms with Crippen LogP contribution in [0.4, 0.5) is 21.6 Å². The molecule has 11 heteroatoms. The van der Waals surface area contributed by atoms with Crippen molar-refractivity contribution < 1.29 is 14.1 Å². The Hall–Kier alpha value is -3.89. The number of piperidine rings is 1. The number of carbonyl (C=O) groups is 1. The van der Waals surface area contributed by atoms with Crippen LogP contribution < -0.4 is 10.2 Å². The summed E-state index contributed by atoms with van der Waals surface area (Å²) in [6.45, 7) is 1.18. The van der Waals surface area contributed by atoms with Gasteiger partial charge >= 0.3 is 5.69 Å². The Labute approximate surface area is 170 Å². The van der Waals surface area contributed by atoms with Crippen molar-refractivity contribution in [3.05, 3.63) is 65.0 Å². The highest BCUT2D eigenvalue weighted by Gasteiger charge is 2.27. The molecule has 3 heterocycles. The second kappa shape index (κ2) is 8.23. The lowest BCUT2D eigenvalue weighted by Crippen LogP contribution is -2.41. The topological polar surface area (TPSA) is 119 Å². The predicted molar refractivity (Wildman–Crippen MR) is 106 cm³/mol. The van der Waals surface area contributed by atoms with Crippen LogP contribution in [0.3, 0.4) is 0 Å². The standard InChI is InChI=1S/C19H18FN7O3/c20-15-4-3-14(10-16(15)27(29)30)22-19(28)13-2-1-8-25(11-13)17-5-6-18(24-23-17)26-9-7-21-12-26/h3-7,9-10,12-13H,1-2,8,11H2,(H,22,28). The number of aromatic nitrogens is 4. The van der Waals surface area contributed by atoms with E-state index < -0.39 is 16.4 Å². The molecule has 154 valence electrons. The Morgan fingerprint density at radius 2 is 2.03 bits per heavy atom. The van der Waals surface area contributed by atoms with Crippen LogP contribution in [0.2, 0.25) is 0 Å². The van der Waals surface area contributed by atoms with Crippen LogP contribution in [-0.2, 0) is 4.79 Å². The van der Waals surface area contributed by atoms with Crippen molar-refractivity contribution in [2.45, 2.75) is 12.8 Å². The second-order valence-electron chi connectivity index (χ2n) is 6.92. The van der Waals surface area contributed by atoms with E-state index in [9.17, 15) is 19.3 Å². The van der Waals surface area contributed by atoms with Crippen molar-refractivity contribution in [1.29, 1.82) is 0 Å². The highest BCUT2D eigenvalue weighted by atomic mass is 19.1. The van der Waals surface area contributed by atoms with Gasteiger partial charge in [0.1, 0.15) is 6.33 Å². The molecule has 1 aromatic carbocycles. The first-order chi connectivity index (χ1) is 14.5. The van der Waals surface area contributed by atoms with Crippen LogP contribution in [-0.4, -0.2) is 43.7 Å². The Bertz CT molecular complexity index is 1060. The van der Waals surface area contributed by atoms with Gasteiger partial charge in [0, 0.05) is 37.2 Å².